The highest BCUT2D eigenvalue weighted by Crippen LogP contribution is 2.28. The van der Waals surface area contributed by atoms with Crippen LogP contribution in [0.25, 0.3) is 0 Å². The van der Waals surface area contributed by atoms with Crippen LogP contribution in [0.15, 0.2) is 22.6 Å². The maximum Gasteiger partial charge on any atom is 0.265 e. The van der Waals surface area contributed by atoms with E-state index in [1.807, 2.05) is 0 Å². The van der Waals surface area contributed by atoms with Gasteiger partial charge in [0.2, 0.25) is 0 Å². The van der Waals surface area contributed by atoms with Gasteiger partial charge < -0.3 is 15.2 Å². The van der Waals surface area contributed by atoms with E-state index in [4.69, 9.17) is 15.2 Å². The lowest BCUT2D eigenvalue weighted by atomic mass is 10.1. The first-order valence-electron chi connectivity index (χ1n) is 9.45. The number of carbonyl (C=O) groups excluding carboxylic acids is 1. The number of carbonyl (C=O) groups is 1. The molecule has 28 heavy (non-hydrogen) atoms. The van der Waals surface area contributed by atoms with Crippen molar-refractivity contribution in [1.29, 1.82) is 0 Å². The smallest absolute Gasteiger partial charge is 0.265 e. The second-order valence-corrected chi connectivity index (χ2v) is 8.90. The molecule has 0 bridgehead atoms. The maximum absolute atomic E-state index is 12.5. The molecule has 9 nitrogen and oxygen atoms in total. The van der Waals surface area contributed by atoms with Gasteiger partial charge in [0, 0.05) is 13.2 Å². The maximum atomic E-state index is 12.5. The van der Waals surface area contributed by atoms with Gasteiger partial charge in [-0.2, -0.15) is 0 Å². The molecule has 0 aromatic heterocycles. The molecule has 1 aromatic rings. The zero-order valence-corrected chi connectivity index (χ0v) is 16.3. The lowest BCUT2D eigenvalue weighted by Crippen LogP contribution is -2.56. The molecular weight excluding hydrogens is 384 g/mol. The van der Waals surface area contributed by atoms with Crippen molar-refractivity contribution in [3.8, 4) is 5.75 Å². The second kappa shape index (κ2) is 7.69. The second-order valence-electron chi connectivity index (χ2n) is 7.26. The average molecular weight is 408 g/mol. The SMILES string of the molecule is NC1=NS(=O)(=O)Cc2cccc(OC[C@H]3CCCN(C(=O)C4CCCO4)N3)c21. The van der Waals surface area contributed by atoms with E-state index in [2.05, 4.69) is 9.82 Å². The van der Waals surface area contributed by atoms with Crippen LogP contribution < -0.4 is 15.9 Å². The quantitative estimate of drug-likeness (QED) is 0.734. The van der Waals surface area contributed by atoms with Crippen molar-refractivity contribution in [2.24, 2.45) is 10.1 Å². The van der Waals surface area contributed by atoms with E-state index in [0.717, 1.165) is 25.7 Å². The van der Waals surface area contributed by atoms with Gasteiger partial charge in [0.15, 0.2) is 0 Å². The van der Waals surface area contributed by atoms with Crippen molar-refractivity contribution in [2.45, 2.75) is 43.6 Å². The minimum absolute atomic E-state index is 0.0270. The molecule has 1 aromatic carbocycles. The molecule has 3 heterocycles. The van der Waals surface area contributed by atoms with Crippen LogP contribution in [0.3, 0.4) is 0 Å². The summed E-state index contributed by atoms with van der Waals surface area (Å²) in [7, 11) is -3.58. The number of nitrogens with two attached hydrogens (primary N) is 1. The molecule has 3 N–H and O–H groups in total. The first-order chi connectivity index (χ1) is 13.4. The number of amidine groups is 1. The number of hydrogen-bond donors (Lipinski definition) is 2. The molecule has 1 amide bonds. The van der Waals surface area contributed by atoms with E-state index in [1.54, 1.807) is 23.2 Å². The van der Waals surface area contributed by atoms with Crippen LogP contribution in [-0.2, 0) is 25.3 Å². The van der Waals surface area contributed by atoms with E-state index in [1.165, 1.54) is 0 Å². The minimum atomic E-state index is -3.58. The predicted molar refractivity (Wildman–Crippen MR) is 102 cm³/mol. The van der Waals surface area contributed by atoms with Gasteiger partial charge in [-0.05, 0) is 37.3 Å². The Labute approximate surface area is 163 Å². The Morgan fingerprint density at radius 1 is 1.36 bits per heavy atom. The van der Waals surface area contributed by atoms with Gasteiger partial charge >= 0.3 is 0 Å². The molecule has 0 saturated carbocycles. The first kappa shape index (κ1) is 19.2. The molecule has 1 unspecified atom stereocenters. The summed E-state index contributed by atoms with van der Waals surface area (Å²) in [6, 6.07) is 5.16. The number of hydrogen-bond acceptors (Lipinski definition) is 7. The lowest BCUT2D eigenvalue weighted by molar-refractivity contribution is -0.147. The molecular formula is C18H24N4O5S. The molecule has 152 valence electrons. The summed E-state index contributed by atoms with van der Waals surface area (Å²) >= 11 is 0. The third-order valence-electron chi connectivity index (χ3n) is 5.13. The fourth-order valence-corrected chi connectivity index (χ4v) is 4.90. The average Bonchev–Trinajstić information content (AvgIpc) is 3.19. The highest BCUT2D eigenvalue weighted by atomic mass is 32.2. The van der Waals surface area contributed by atoms with E-state index in [-0.39, 0.29) is 29.6 Å². The summed E-state index contributed by atoms with van der Waals surface area (Å²) < 4.78 is 38.6. The number of rotatable bonds is 4. The molecule has 2 fully saturated rings. The molecule has 2 atom stereocenters. The molecule has 0 radical (unpaired) electrons. The van der Waals surface area contributed by atoms with Crippen LogP contribution in [0.1, 0.15) is 36.8 Å². The fraction of sp³-hybridized carbons (Fsp3) is 0.556. The number of amides is 1. The van der Waals surface area contributed by atoms with E-state index < -0.39 is 10.0 Å². The number of nitrogens with zero attached hydrogens (tertiary/aromatic N) is 2. The number of benzene rings is 1. The van der Waals surface area contributed by atoms with Crippen molar-refractivity contribution < 1.29 is 22.7 Å². The van der Waals surface area contributed by atoms with E-state index in [9.17, 15) is 13.2 Å². The van der Waals surface area contributed by atoms with Crippen LogP contribution in [-0.4, -0.2) is 57.1 Å². The van der Waals surface area contributed by atoms with Crippen LogP contribution in [0.2, 0.25) is 0 Å². The minimum Gasteiger partial charge on any atom is -0.491 e. The zero-order valence-electron chi connectivity index (χ0n) is 15.5. The Bertz CT molecular complexity index is 895. The Morgan fingerprint density at radius 2 is 2.21 bits per heavy atom. The molecule has 10 heteroatoms. The zero-order chi connectivity index (χ0) is 19.7. The number of hydrazine groups is 1. The molecule has 0 aliphatic carbocycles. The van der Waals surface area contributed by atoms with Crippen molar-refractivity contribution in [1.82, 2.24) is 10.4 Å². The Hall–Kier alpha value is -2.17. The standard InChI is InChI=1S/C18H24N4O5S/c19-17-16-12(11-28(24,25)21-17)4-1-6-14(16)27-10-13-5-2-8-22(20-13)18(23)15-7-3-9-26-15/h1,4,6,13,15,20H,2-3,5,7-11H2,(H2,19,21)/t13-,15?/m1/s1. The monoisotopic (exact) mass is 408 g/mol. The van der Waals surface area contributed by atoms with Crippen molar-refractivity contribution in [3.63, 3.8) is 0 Å². The topological polar surface area (TPSA) is 123 Å². The number of fused-ring (bicyclic) bond motifs is 1. The van der Waals surface area contributed by atoms with Gasteiger partial charge in [-0.3, -0.25) is 9.80 Å². The summed E-state index contributed by atoms with van der Waals surface area (Å²) in [6.07, 6.45) is 3.05. The molecule has 0 spiro atoms. The van der Waals surface area contributed by atoms with Gasteiger partial charge in [-0.25, -0.2) is 13.8 Å². The Morgan fingerprint density at radius 3 is 3.00 bits per heavy atom. The normalized spacial score (nSPS) is 26.4. The predicted octanol–water partition coefficient (Wildman–Crippen LogP) is 0.289. The summed E-state index contributed by atoms with van der Waals surface area (Å²) in [5.74, 6) is 0.230. The Balaban J connectivity index is 1.42. The van der Waals surface area contributed by atoms with Crippen LogP contribution in [0.5, 0.6) is 5.75 Å². The molecule has 2 saturated heterocycles. The van der Waals surface area contributed by atoms with Gasteiger partial charge in [0.25, 0.3) is 15.9 Å². The van der Waals surface area contributed by atoms with Gasteiger partial charge in [0.1, 0.15) is 24.3 Å². The largest absolute Gasteiger partial charge is 0.491 e. The number of nitrogens with one attached hydrogen (secondary N) is 1. The molecule has 3 aliphatic heterocycles. The highest BCUT2D eigenvalue weighted by Gasteiger charge is 2.32. The van der Waals surface area contributed by atoms with E-state index in [0.29, 0.717) is 36.6 Å². The fourth-order valence-electron chi connectivity index (χ4n) is 3.81. The van der Waals surface area contributed by atoms with Crippen LogP contribution in [0.4, 0.5) is 0 Å². The lowest BCUT2D eigenvalue weighted by Gasteiger charge is -2.35. The van der Waals surface area contributed by atoms with Crippen molar-refractivity contribution in [2.75, 3.05) is 19.8 Å². The highest BCUT2D eigenvalue weighted by molar-refractivity contribution is 7.89. The number of ether oxygens (including phenoxy) is 2. The summed E-state index contributed by atoms with van der Waals surface area (Å²) in [5, 5.41) is 1.64. The summed E-state index contributed by atoms with van der Waals surface area (Å²) in [6.45, 7) is 1.60. The summed E-state index contributed by atoms with van der Waals surface area (Å²) in [5.41, 5.74) is 10.2. The van der Waals surface area contributed by atoms with Crippen LogP contribution >= 0.6 is 0 Å². The van der Waals surface area contributed by atoms with Gasteiger partial charge in [-0.1, -0.05) is 12.1 Å². The van der Waals surface area contributed by atoms with Gasteiger partial charge in [0.05, 0.1) is 17.4 Å². The Kier molecular flexibility index (Phi) is 5.26. The van der Waals surface area contributed by atoms with Crippen molar-refractivity contribution >= 4 is 21.8 Å². The number of sulfonamides is 1. The first-order valence-corrected chi connectivity index (χ1v) is 11.1. The van der Waals surface area contributed by atoms with Crippen molar-refractivity contribution in [3.05, 3.63) is 29.3 Å². The third-order valence-corrected chi connectivity index (χ3v) is 6.28. The van der Waals surface area contributed by atoms with Gasteiger partial charge in [-0.15, -0.1) is 4.40 Å². The molecule has 3 aliphatic rings. The van der Waals surface area contributed by atoms with Crippen LogP contribution in [0, 0.1) is 0 Å². The van der Waals surface area contributed by atoms with E-state index >= 15 is 0 Å². The third kappa shape index (κ3) is 3.98. The molecule has 4 rings (SSSR count). The summed E-state index contributed by atoms with van der Waals surface area (Å²) in [4.78, 5) is 12.5.